The van der Waals surface area contributed by atoms with Crippen molar-refractivity contribution < 1.29 is 9.53 Å². The Balaban J connectivity index is 1.29. The van der Waals surface area contributed by atoms with Gasteiger partial charge >= 0.3 is 0 Å². The fourth-order valence-corrected chi connectivity index (χ4v) is 3.79. The number of ether oxygens (including phenoxy) is 1. The van der Waals surface area contributed by atoms with Crippen molar-refractivity contribution >= 4 is 27.9 Å². The van der Waals surface area contributed by atoms with Gasteiger partial charge in [-0.25, -0.2) is 15.0 Å². The Morgan fingerprint density at radius 1 is 1.06 bits per heavy atom. The van der Waals surface area contributed by atoms with Crippen LogP contribution in [0.15, 0.2) is 84.8 Å². The zero-order valence-corrected chi connectivity index (χ0v) is 17.1. The molecule has 1 N–H and O–H groups in total. The minimum absolute atomic E-state index is 0.228. The molecule has 0 aliphatic rings. The minimum Gasteiger partial charge on any atom is -0.473 e. The summed E-state index contributed by atoms with van der Waals surface area (Å²) in [5.74, 6) is 0.00534. The van der Waals surface area contributed by atoms with E-state index in [-0.39, 0.29) is 11.6 Å². The number of carbonyl (C=O) groups excluding carboxylic acids is 1. The number of rotatable bonds is 6. The predicted octanol–water partition coefficient (Wildman–Crippen LogP) is 4.68. The maximum atomic E-state index is 12.7. The summed E-state index contributed by atoms with van der Waals surface area (Å²) in [6, 6.07) is 18.8. The number of nitrogens with zero attached hydrogens (tertiary/aromatic N) is 4. The molecule has 0 atom stereocenters. The summed E-state index contributed by atoms with van der Waals surface area (Å²) < 4.78 is 7.67. The van der Waals surface area contributed by atoms with Gasteiger partial charge in [0, 0.05) is 35.1 Å². The first-order chi connectivity index (χ1) is 15.2. The third-order valence-electron chi connectivity index (χ3n) is 4.61. The van der Waals surface area contributed by atoms with Crippen LogP contribution in [-0.2, 0) is 6.61 Å². The van der Waals surface area contributed by atoms with Gasteiger partial charge in [-0.2, -0.15) is 0 Å². The van der Waals surface area contributed by atoms with Gasteiger partial charge in [-0.05, 0) is 17.7 Å². The van der Waals surface area contributed by atoms with Gasteiger partial charge in [-0.3, -0.25) is 9.20 Å². The van der Waals surface area contributed by atoms with Crippen LogP contribution in [0, 0.1) is 0 Å². The van der Waals surface area contributed by atoms with E-state index < -0.39 is 0 Å². The molecule has 2 aromatic carbocycles. The summed E-state index contributed by atoms with van der Waals surface area (Å²) in [7, 11) is 0. The van der Waals surface area contributed by atoms with E-state index in [4.69, 9.17) is 4.74 Å². The van der Waals surface area contributed by atoms with Crippen LogP contribution >= 0.6 is 11.3 Å². The van der Waals surface area contributed by atoms with Crippen molar-refractivity contribution in [3.63, 3.8) is 0 Å². The van der Waals surface area contributed by atoms with Gasteiger partial charge in [0.05, 0.1) is 5.69 Å². The Bertz CT molecular complexity index is 1320. The standard InChI is InChI=1S/C23H17N5O2S/c29-22(19-12-21(25-15-24-19)30-14-16-5-2-1-3-6-16)26-18-8-4-7-17(11-18)20-13-28-9-10-31-23(28)27-20/h1-13,15H,14H2,(H,26,29). The van der Waals surface area contributed by atoms with Crippen LogP contribution in [0.5, 0.6) is 5.88 Å². The van der Waals surface area contributed by atoms with Crippen LogP contribution in [0.3, 0.4) is 0 Å². The van der Waals surface area contributed by atoms with Crippen LogP contribution in [0.25, 0.3) is 16.2 Å². The highest BCUT2D eigenvalue weighted by molar-refractivity contribution is 7.15. The second kappa shape index (κ2) is 8.37. The molecule has 7 nitrogen and oxygen atoms in total. The van der Waals surface area contributed by atoms with E-state index in [1.54, 1.807) is 11.3 Å². The third kappa shape index (κ3) is 4.29. The third-order valence-corrected chi connectivity index (χ3v) is 5.38. The predicted molar refractivity (Wildman–Crippen MR) is 119 cm³/mol. The molecule has 0 unspecified atom stereocenters. The largest absolute Gasteiger partial charge is 0.473 e. The van der Waals surface area contributed by atoms with Gasteiger partial charge < -0.3 is 10.1 Å². The second-order valence-corrected chi connectivity index (χ2v) is 7.64. The molecule has 8 heteroatoms. The van der Waals surface area contributed by atoms with E-state index in [2.05, 4.69) is 20.3 Å². The van der Waals surface area contributed by atoms with Gasteiger partial charge in [0.1, 0.15) is 18.6 Å². The SMILES string of the molecule is O=C(Nc1cccc(-c2cn3ccsc3n2)c1)c1cc(OCc2ccccc2)ncn1. The molecule has 3 heterocycles. The Labute approximate surface area is 182 Å². The molecule has 3 aromatic heterocycles. The van der Waals surface area contributed by atoms with Crippen LogP contribution in [0.4, 0.5) is 5.69 Å². The zero-order chi connectivity index (χ0) is 21.0. The van der Waals surface area contributed by atoms with Gasteiger partial charge in [-0.1, -0.05) is 42.5 Å². The summed E-state index contributed by atoms with van der Waals surface area (Å²) in [5, 5.41) is 4.87. The van der Waals surface area contributed by atoms with Crippen molar-refractivity contribution in [1.82, 2.24) is 19.4 Å². The van der Waals surface area contributed by atoms with Crippen LogP contribution < -0.4 is 10.1 Å². The average Bonchev–Trinajstić information content (AvgIpc) is 3.41. The molecule has 0 saturated heterocycles. The van der Waals surface area contributed by atoms with Gasteiger partial charge in [0.15, 0.2) is 4.96 Å². The lowest BCUT2D eigenvalue weighted by Gasteiger charge is -2.08. The Kier molecular flexibility index (Phi) is 5.12. The monoisotopic (exact) mass is 427 g/mol. The fourth-order valence-electron chi connectivity index (χ4n) is 3.09. The molecule has 5 aromatic rings. The highest BCUT2D eigenvalue weighted by Crippen LogP contribution is 2.24. The number of hydrogen-bond donors (Lipinski definition) is 1. The van der Waals surface area contributed by atoms with Crippen molar-refractivity contribution in [2.24, 2.45) is 0 Å². The number of imidazole rings is 1. The van der Waals surface area contributed by atoms with E-state index in [1.807, 2.05) is 76.8 Å². The summed E-state index contributed by atoms with van der Waals surface area (Å²) >= 11 is 1.57. The molecule has 152 valence electrons. The molecule has 0 aliphatic heterocycles. The second-order valence-electron chi connectivity index (χ2n) is 6.77. The first kappa shape index (κ1) is 19.0. The molecule has 0 fully saturated rings. The number of benzene rings is 2. The van der Waals surface area contributed by atoms with Gasteiger partial charge in [0.25, 0.3) is 5.91 Å². The van der Waals surface area contributed by atoms with E-state index in [1.165, 1.54) is 12.4 Å². The van der Waals surface area contributed by atoms with Gasteiger partial charge in [0.2, 0.25) is 5.88 Å². The number of nitrogens with one attached hydrogen (secondary N) is 1. The van der Waals surface area contributed by atoms with E-state index in [0.717, 1.165) is 21.8 Å². The molecule has 0 aliphatic carbocycles. The number of thiazole rings is 1. The number of carbonyl (C=O) groups is 1. The summed E-state index contributed by atoms with van der Waals surface area (Å²) in [6.07, 6.45) is 5.26. The molecule has 0 radical (unpaired) electrons. The lowest BCUT2D eigenvalue weighted by Crippen LogP contribution is -2.14. The molecule has 1 amide bonds. The topological polar surface area (TPSA) is 81.4 Å². The zero-order valence-electron chi connectivity index (χ0n) is 16.3. The first-order valence-electron chi connectivity index (χ1n) is 9.57. The number of fused-ring (bicyclic) bond motifs is 1. The number of amides is 1. The summed E-state index contributed by atoms with van der Waals surface area (Å²) in [6.45, 7) is 0.364. The molecule has 0 spiro atoms. The Morgan fingerprint density at radius 2 is 1.97 bits per heavy atom. The Morgan fingerprint density at radius 3 is 2.84 bits per heavy atom. The number of anilines is 1. The molecular formula is C23H17N5O2S. The van der Waals surface area contributed by atoms with E-state index in [9.17, 15) is 4.79 Å². The smallest absolute Gasteiger partial charge is 0.274 e. The number of aromatic nitrogens is 4. The van der Waals surface area contributed by atoms with Crippen molar-refractivity contribution in [2.45, 2.75) is 6.61 Å². The Hall–Kier alpha value is -4.04. The average molecular weight is 427 g/mol. The molecule has 0 bridgehead atoms. The minimum atomic E-state index is -0.338. The lowest BCUT2D eigenvalue weighted by molar-refractivity contribution is 0.102. The fraction of sp³-hybridized carbons (Fsp3) is 0.0435. The van der Waals surface area contributed by atoms with Crippen LogP contribution in [0.2, 0.25) is 0 Å². The van der Waals surface area contributed by atoms with Crippen molar-refractivity contribution in [1.29, 1.82) is 0 Å². The highest BCUT2D eigenvalue weighted by Gasteiger charge is 2.12. The lowest BCUT2D eigenvalue weighted by atomic mass is 10.1. The quantitative estimate of drug-likeness (QED) is 0.425. The summed E-state index contributed by atoms with van der Waals surface area (Å²) in [5.41, 5.74) is 3.67. The number of hydrogen-bond acceptors (Lipinski definition) is 6. The van der Waals surface area contributed by atoms with Gasteiger partial charge in [-0.15, -0.1) is 11.3 Å². The van der Waals surface area contributed by atoms with Crippen LogP contribution in [0.1, 0.15) is 16.1 Å². The summed E-state index contributed by atoms with van der Waals surface area (Å²) in [4.78, 5) is 26.4. The first-order valence-corrected chi connectivity index (χ1v) is 10.5. The maximum Gasteiger partial charge on any atom is 0.274 e. The highest BCUT2D eigenvalue weighted by atomic mass is 32.1. The maximum absolute atomic E-state index is 12.7. The molecule has 31 heavy (non-hydrogen) atoms. The molecular weight excluding hydrogens is 410 g/mol. The van der Waals surface area contributed by atoms with Crippen molar-refractivity contribution in [3.05, 3.63) is 96.0 Å². The normalized spacial score (nSPS) is 10.8. The van der Waals surface area contributed by atoms with Crippen LogP contribution in [-0.4, -0.2) is 25.3 Å². The van der Waals surface area contributed by atoms with Crippen molar-refractivity contribution in [2.75, 3.05) is 5.32 Å². The molecule has 5 rings (SSSR count). The van der Waals surface area contributed by atoms with E-state index >= 15 is 0 Å². The molecule has 0 saturated carbocycles. The van der Waals surface area contributed by atoms with E-state index in [0.29, 0.717) is 18.2 Å². The van der Waals surface area contributed by atoms with Crippen molar-refractivity contribution in [3.8, 4) is 17.1 Å².